The number of nitrogens with zero attached hydrogens (tertiary/aromatic N) is 1. The van der Waals surface area contributed by atoms with E-state index in [1.807, 2.05) is 24.3 Å². The molecule has 1 aromatic rings. The molecule has 0 aliphatic carbocycles. The first kappa shape index (κ1) is 17.0. The molecular weight excluding hydrogens is 306 g/mol. The van der Waals surface area contributed by atoms with E-state index in [1.54, 1.807) is 4.90 Å². The molecule has 2 heterocycles. The second-order valence-corrected chi connectivity index (χ2v) is 6.85. The quantitative estimate of drug-likeness (QED) is 0.777. The van der Waals surface area contributed by atoms with Crippen molar-refractivity contribution in [1.29, 1.82) is 0 Å². The van der Waals surface area contributed by atoms with E-state index in [2.05, 4.69) is 6.92 Å². The van der Waals surface area contributed by atoms with Gasteiger partial charge in [0, 0.05) is 24.6 Å². The fourth-order valence-corrected chi connectivity index (χ4v) is 3.76. The van der Waals surface area contributed by atoms with Crippen molar-refractivity contribution in [2.75, 3.05) is 33.4 Å². The van der Waals surface area contributed by atoms with Crippen LogP contribution in [-0.2, 0) is 20.7 Å². The normalized spacial score (nSPS) is 25.6. The summed E-state index contributed by atoms with van der Waals surface area (Å²) in [6, 6.07) is 7.84. The van der Waals surface area contributed by atoms with Crippen LogP contribution in [0.15, 0.2) is 24.3 Å². The SMILES string of the molecule is CCCCc1ccc(C(=O)N2C[C@H]3COC[C@@]3(C(=O)OC)C2)cc1. The molecule has 0 radical (unpaired) electrons. The molecule has 0 saturated carbocycles. The fraction of sp³-hybridized carbons (Fsp3) is 0.579. The van der Waals surface area contributed by atoms with Gasteiger partial charge < -0.3 is 14.4 Å². The summed E-state index contributed by atoms with van der Waals surface area (Å²) in [7, 11) is 1.39. The van der Waals surface area contributed by atoms with Gasteiger partial charge in [0.15, 0.2) is 0 Å². The third kappa shape index (κ3) is 2.93. The number of benzene rings is 1. The number of carbonyl (C=O) groups excluding carboxylic acids is 2. The highest BCUT2D eigenvalue weighted by molar-refractivity contribution is 5.95. The maximum Gasteiger partial charge on any atom is 0.316 e. The van der Waals surface area contributed by atoms with Gasteiger partial charge in [0.05, 0.1) is 20.3 Å². The van der Waals surface area contributed by atoms with E-state index >= 15 is 0 Å². The zero-order valence-electron chi connectivity index (χ0n) is 14.4. The standard InChI is InChI=1S/C19H25NO4/c1-3-4-5-14-6-8-15(9-7-14)17(21)20-10-16-11-24-13-19(16,12-20)18(22)23-2/h6-9,16H,3-5,10-13H2,1-2H3/t16-,19-/m0/s1. The van der Waals surface area contributed by atoms with Gasteiger partial charge in [-0.15, -0.1) is 0 Å². The molecule has 2 fully saturated rings. The highest BCUT2D eigenvalue weighted by Crippen LogP contribution is 2.42. The van der Waals surface area contributed by atoms with E-state index < -0.39 is 5.41 Å². The van der Waals surface area contributed by atoms with Gasteiger partial charge in [0.25, 0.3) is 5.91 Å². The number of fused-ring (bicyclic) bond motifs is 1. The first-order valence-electron chi connectivity index (χ1n) is 8.65. The van der Waals surface area contributed by atoms with Gasteiger partial charge in [-0.05, 0) is 30.5 Å². The molecule has 1 aromatic carbocycles. The predicted octanol–water partition coefficient (Wildman–Crippen LogP) is 2.29. The lowest BCUT2D eigenvalue weighted by Crippen LogP contribution is -2.41. The van der Waals surface area contributed by atoms with Crippen molar-refractivity contribution in [2.24, 2.45) is 11.3 Å². The second kappa shape index (κ2) is 6.93. The fourth-order valence-electron chi connectivity index (χ4n) is 3.76. The monoisotopic (exact) mass is 331 g/mol. The minimum atomic E-state index is -0.689. The van der Waals surface area contributed by atoms with Crippen LogP contribution in [0.25, 0.3) is 0 Å². The van der Waals surface area contributed by atoms with Crippen molar-refractivity contribution >= 4 is 11.9 Å². The Bertz CT molecular complexity index is 612. The summed E-state index contributed by atoms with van der Waals surface area (Å²) < 4.78 is 10.5. The van der Waals surface area contributed by atoms with Crippen LogP contribution in [0.3, 0.4) is 0 Å². The number of methoxy groups -OCH3 is 1. The van der Waals surface area contributed by atoms with Crippen LogP contribution >= 0.6 is 0 Å². The molecule has 3 rings (SSSR count). The number of carbonyl (C=O) groups is 2. The molecule has 130 valence electrons. The van der Waals surface area contributed by atoms with Crippen LogP contribution in [0.2, 0.25) is 0 Å². The Balaban J connectivity index is 1.71. The average Bonchev–Trinajstić information content (AvgIpc) is 3.17. The van der Waals surface area contributed by atoms with Crippen molar-refractivity contribution < 1.29 is 19.1 Å². The number of rotatable bonds is 5. The minimum absolute atomic E-state index is 0.0188. The summed E-state index contributed by atoms with van der Waals surface area (Å²) in [5.74, 6) is -0.261. The van der Waals surface area contributed by atoms with Crippen molar-refractivity contribution in [3.8, 4) is 0 Å². The van der Waals surface area contributed by atoms with Crippen LogP contribution in [-0.4, -0.2) is 50.2 Å². The topological polar surface area (TPSA) is 55.8 Å². The van der Waals surface area contributed by atoms with Crippen LogP contribution < -0.4 is 0 Å². The highest BCUT2D eigenvalue weighted by Gasteiger charge is 2.57. The van der Waals surface area contributed by atoms with Crippen molar-refractivity contribution in [3.05, 3.63) is 35.4 Å². The number of esters is 1. The summed E-state index contributed by atoms with van der Waals surface area (Å²) >= 11 is 0. The van der Waals surface area contributed by atoms with E-state index in [0.717, 1.165) is 19.3 Å². The summed E-state index contributed by atoms with van der Waals surface area (Å²) in [6.45, 7) is 3.94. The average molecular weight is 331 g/mol. The molecule has 2 aliphatic rings. The number of aryl methyl sites for hydroxylation is 1. The lowest BCUT2D eigenvalue weighted by atomic mass is 9.81. The Morgan fingerprint density at radius 2 is 2.08 bits per heavy atom. The molecule has 0 aromatic heterocycles. The van der Waals surface area contributed by atoms with E-state index in [4.69, 9.17) is 9.47 Å². The van der Waals surface area contributed by atoms with Crippen molar-refractivity contribution in [1.82, 2.24) is 4.90 Å². The third-order valence-electron chi connectivity index (χ3n) is 5.27. The van der Waals surface area contributed by atoms with Gasteiger partial charge in [-0.3, -0.25) is 9.59 Å². The molecule has 5 nitrogen and oxygen atoms in total. The Morgan fingerprint density at radius 3 is 2.75 bits per heavy atom. The summed E-state index contributed by atoms with van der Waals surface area (Å²) in [5, 5.41) is 0. The van der Waals surface area contributed by atoms with Gasteiger partial charge >= 0.3 is 5.97 Å². The summed E-state index contributed by atoms with van der Waals surface area (Å²) in [6.07, 6.45) is 3.36. The van der Waals surface area contributed by atoms with E-state index in [1.165, 1.54) is 12.7 Å². The number of hydrogen-bond acceptors (Lipinski definition) is 4. The van der Waals surface area contributed by atoms with Crippen LogP contribution in [0.1, 0.15) is 35.7 Å². The zero-order chi connectivity index (χ0) is 17.2. The van der Waals surface area contributed by atoms with Gasteiger partial charge in [0.1, 0.15) is 5.41 Å². The largest absolute Gasteiger partial charge is 0.468 e. The van der Waals surface area contributed by atoms with Crippen LogP contribution in [0.4, 0.5) is 0 Å². The minimum Gasteiger partial charge on any atom is -0.468 e. The predicted molar refractivity (Wildman–Crippen MR) is 89.7 cm³/mol. The third-order valence-corrected chi connectivity index (χ3v) is 5.27. The number of unbranched alkanes of at least 4 members (excludes halogenated alkanes) is 1. The molecule has 0 N–H and O–H groups in total. The van der Waals surface area contributed by atoms with Gasteiger partial charge in [-0.25, -0.2) is 0 Å². The Labute approximate surface area is 142 Å². The van der Waals surface area contributed by atoms with Gasteiger partial charge in [-0.2, -0.15) is 0 Å². The lowest BCUT2D eigenvalue weighted by molar-refractivity contribution is -0.153. The molecule has 0 spiro atoms. The Hall–Kier alpha value is -1.88. The molecule has 2 atom stereocenters. The van der Waals surface area contributed by atoms with Crippen LogP contribution in [0, 0.1) is 11.3 Å². The summed E-state index contributed by atoms with van der Waals surface area (Å²) in [5.41, 5.74) is 1.24. The lowest BCUT2D eigenvalue weighted by Gasteiger charge is -2.23. The first-order valence-corrected chi connectivity index (χ1v) is 8.65. The first-order chi connectivity index (χ1) is 11.6. The van der Waals surface area contributed by atoms with Gasteiger partial charge in [-0.1, -0.05) is 25.5 Å². The molecule has 1 amide bonds. The van der Waals surface area contributed by atoms with Crippen molar-refractivity contribution in [2.45, 2.75) is 26.2 Å². The number of hydrogen-bond donors (Lipinski definition) is 0. The molecule has 2 saturated heterocycles. The molecule has 5 heteroatoms. The second-order valence-electron chi connectivity index (χ2n) is 6.85. The number of ether oxygens (including phenoxy) is 2. The maximum atomic E-state index is 12.8. The van der Waals surface area contributed by atoms with Crippen molar-refractivity contribution in [3.63, 3.8) is 0 Å². The van der Waals surface area contributed by atoms with Gasteiger partial charge in [0.2, 0.25) is 0 Å². The zero-order valence-corrected chi connectivity index (χ0v) is 14.4. The number of likely N-dealkylation sites (tertiary alicyclic amines) is 1. The Kier molecular flexibility index (Phi) is 4.90. The highest BCUT2D eigenvalue weighted by atomic mass is 16.5. The molecular formula is C19H25NO4. The van der Waals surface area contributed by atoms with Crippen LogP contribution in [0.5, 0.6) is 0 Å². The number of amides is 1. The Morgan fingerprint density at radius 1 is 1.33 bits per heavy atom. The summed E-state index contributed by atoms with van der Waals surface area (Å²) in [4.78, 5) is 26.8. The smallest absolute Gasteiger partial charge is 0.316 e. The molecule has 24 heavy (non-hydrogen) atoms. The molecule has 0 unspecified atom stereocenters. The molecule has 0 bridgehead atoms. The maximum absolute atomic E-state index is 12.8. The van der Waals surface area contributed by atoms with E-state index in [9.17, 15) is 9.59 Å². The van der Waals surface area contributed by atoms with E-state index in [-0.39, 0.29) is 17.8 Å². The molecule has 2 aliphatic heterocycles. The van der Waals surface area contributed by atoms with E-state index in [0.29, 0.717) is 31.9 Å².